The minimum atomic E-state index is -0.526. The van der Waals surface area contributed by atoms with E-state index in [4.69, 9.17) is 0 Å². The highest BCUT2D eigenvalue weighted by atomic mass is 19.1. The third kappa shape index (κ3) is 4.63. The number of carbonyl (C=O) groups excluding carboxylic acids is 1. The molecular weight excluding hydrogens is 493 g/mol. The first-order valence-electron chi connectivity index (χ1n) is 12.5. The van der Waals surface area contributed by atoms with E-state index < -0.39 is 5.41 Å². The van der Waals surface area contributed by atoms with Gasteiger partial charge in [0.25, 0.3) is 0 Å². The largest absolute Gasteiger partial charge is 0.353 e. The van der Waals surface area contributed by atoms with Gasteiger partial charge in [0.1, 0.15) is 11.5 Å². The van der Waals surface area contributed by atoms with Crippen molar-refractivity contribution in [3.8, 4) is 33.9 Å². The Balaban J connectivity index is 1.41. The van der Waals surface area contributed by atoms with Crippen LogP contribution in [-0.2, 0) is 4.79 Å². The molecule has 5 heterocycles. The zero-order chi connectivity index (χ0) is 27.3. The molecule has 0 saturated carbocycles. The number of amides is 1. The fraction of sp³-hybridized carbons (Fsp3) is 0.167. The molecule has 0 fully saturated rings. The van der Waals surface area contributed by atoms with Gasteiger partial charge in [-0.15, -0.1) is 0 Å². The summed E-state index contributed by atoms with van der Waals surface area (Å²) < 4.78 is 14.2. The molecule has 0 unspecified atom stereocenters. The van der Waals surface area contributed by atoms with Crippen LogP contribution in [0.4, 0.5) is 10.1 Å². The summed E-state index contributed by atoms with van der Waals surface area (Å²) >= 11 is 0. The number of carbonyl (C=O) groups is 1. The van der Waals surface area contributed by atoms with Crippen LogP contribution in [-0.4, -0.2) is 36.0 Å². The summed E-state index contributed by atoms with van der Waals surface area (Å²) in [5, 5.41) is 12.3. The van der Waals surface area contributed by atoms with Gasteiger partial charge in [0.2, 0.25) is 5.91 Å². The van der Waals surface area contributed by atoms with E-state index in [-0.39, 0.29) is 11.7 Å². The molecule has 0 spiro atoms. The molecular formula is C30H26FN7O. The number of nitrogens with zero attached hydrogens (tertiary/aromatic N) is 4. The minimum absolute atomic E-state index is 0.0944. The molecule has 0 atom stereocenters. The molecule has 6 aromatic rings. The Kier molecular flexibility index (Phi) is 5.71. The van der Waals surface area contributed by atoms with Gasteiger partial charge in [-0.2, -0.15) is 5.10 Å². The fourth-order valence-corrected chi connectivity index (χ4v) is 4.53. The monoisotopic (exact) mass is 519 g/mol. The first-order valence-corrected chi connectivity index (χ1v) is 12.5. The van der Waals surface area contributed by atoms with Crippen molar-refractivity contribution < 1.29 is 9.18 Å². The lowest BCUT2D eigenvalue weighted by Gasteiger charge is -2.17. The normalized spacial score (nSPS) is 11.8. The lowest BCUT2D eigenvalue weighted by atomic mass is 9.95. The second-order valence-corrected chi connectivity index (χ2v) is 10.7. The summed E-state index contributed by atoms with van der Waals surface area (Å²) in [6.45, 7) is 7.44. The number of aryl methyl sites for hydroxylation is 1. The predicted molar refractivity (Wildman–Crippen MR) is 150 cm³/mol. The molecule has 39 heavy (non-hydrogen) atoms. The predicted octanol–water partition coefficient (Wildman–Crippen LogP) is 6.66. The molecule has 5 aromatic heterocycles. The van der Waals surface area contributed by atoms with Crippen LogP contribution in [0, 0.1) is 18.2 Å². The maximum absolute atomic E-state index is 14.2. The highest BCUT2D eigenvalue weighted by Gasteiger charge is 2.21. The Morgan fingerprint density at radius 1 is 0.897 bits per heavy atom. The summed E-state index contributed by atoms with van der Waals surface area (Å²) in [6, 6.07) is 12.6. The molecule has 0 saturated heterocycles. The van der Waals surface area contributed by atoms with Gasteiger partial charge in [-0.3, -0.25) is 24.8 Å². The lowest BCUT2D eigenvalue weighted by molar-refractivity contribution is -0.123. The van der Waals surface area contributed by atoms with Crippen LogP contribution in [0.25, 0.3) is 55.7 Å². The number of H-pyrrole nitrogens is 2. The maximum Gasteiger partial charge on any atom is 0.229 e. The topological polar surface area (TPSA) is 112 Å². The fourth-order valence-electron chi connectivity index (χ4n) is 4.53. The Morgan fingerprint density at radius 2 is 1.72 bits per heavy atom. The molecule has 6 rings (SSSR count). The van der Waals surface area contributed by atoms with E-state index in [0.717, 1.165) is 44.3 Å². The highest BCUT2D eigenvalue weighted by Crippen LogP contribution is 2.34. The van der Waals surface area contributed by atoms with Crippen molar-refractivity contribution in [2.45, 2.75) is 27.7 Å². The Labute approximate surface area is 223 Å². The second kappa shape index (κ2) is 9.13. The average molecular weight is 520 g/mol. The van der Waals surface area contributed by atoms with Crippen molar-refractivity contribution >= 4 is 33.4 Å². The van der Waals surface area contributed by atoms with E-state index in [1.165, 1.54) is 12.1 Å². The van der Waals surface area contributed by atoms with Crippen LogP contribution in [0.1, 0.15) is 26.3 Å². The van der Waals surface area contributed by atoms with Crippen molar-refractivity contribution in [3.63, 3.8) is 0 Å². The summed E-state index contributed by atoms with van der Waals surface area (Å²) in [5.74, 6) is -0.391. The summed E-state index contributed by atoms with van der Waals surface area (Å²) in [7, 11) is 0. The number of hydrogen-bond donors (Lipinski definition) is 3. The van der Waals surface area contributed by atoms with Gasteiger partial charge < -0.3 is 10.3 Å². The molecule has 0 aliphatic carbocycles. The van der Waals surface area contributed by atoms with Gasteiger partial charge >= 0.3 is 0 Å². The van der Waals surface area contributed by atoms with Crippen molar-refractivity contribution in [2.24, 2.45) is 5.41 Å². The third-order valence-corrected chi connectivity index (χ3v) is 6.54. The number of pyridine rings is 3. The smallest absolute Gasteiger partial charge is 0.229 e. The number of anilines is 1. The first-order chi connectivity index (χ1) is 18.7. The summed E-state index contributed by atoms with van der Waals surface area (Å²) in [4.78, 5) is 29.3. The van der Waals surface area contributed by atoms with Crippen LogP contribution in [0.3, 0.4) is 0 Å². The first kappa shape index (κ1) is 24.4. The van der Waals surface area contributed by atoms with E-state index >= 15 is 0 Å². The van der Waals surface area contributed by atoms with Crippen molar-refractivity contribution in [1.82, 2.24) is 30.1 Å². The zero-order valence-corrected chi connectivity index (χ0v) is 21.9. The number of hydrogen-bond acceptors (Lipinski definition) is 5. The van der Waals surface area contributed by atoms with Gasteiger partial charge in [-0.05, 0) is 55.0 Å². The number of fused-ring (bicyclic) bond motifs is 2. The molecule has 0 aliphatic heterocycles. The number of aromatic amines is 2. The maximum atomic E-state index is 14.2. The molecule has 8 nitrogen and oxygen atoms in total. The molecule has 194 valence electrons. The Morgan fingerprint density at radius 3 is 2.51 bits per heavy atom. The number of nitrogens with one attached hydrogen (secondary N) is 3. The van der Waals surface area contributed by atoms with E-state index in [2.05, 4.69) is 35.5 Å². The van der Waals surface area contributed by atoms with Crippen LogP contribution in [0.15, 0.2) is 67.3 Å². The van der Waals surface area contributed by atoms with Crippen molar-refractivity contribution in [1.29, 1.82) is 0 Å². The quantitative estimate of drug-likeness (QED) is 0.241. The SMILES string of the molecule is Cc1cc(F)cc(-c2nccc3[nH]c(-c4n[nH]c5cnc(-c6cncc(NC(=O)C(C)(C)C)c6)cc45)cc23)c1. The van der Waals surface area contributed by atoms with Gasteiger partial charge in [-0.1, -0.05) is 20.8 Å². The molecule has 0 bridgehead atoms. The van der Waals surface area contributed by atoms with Gasteiger partial charge in [0.05, 0.1) is 40.7 Å². The number of halogens is 1. The number of rotatable bonds is 4. The van der Waals surface area contributed by atoms with Crippen molar-refractivity contribution in [3.05, 3.63) is 78.6 Å². The van der Waals surface area contributed by atoms with Crippen LogP contribution < -0.4 is 5.32 Å². The van der Waals surface area contributed by atoms with Gasteiger partial charge in [0, 0.05) is 45.2 Å². The van der Waals surface area contributed by atoms with E-state index in [1.54, 1.807) is 24.8 Å². The third-order valence-electron chi connectivity index (χ3n) is 6.54. The van der Waals surface area contributed by atoms with E-state index in [1.807, 2.05) is 58.0 Å². The van der Waals surface area contributed by atoms with E-state index in [0.29, 0.717) is 22.6 Å². The highest BCUT2D eigenvalue weighted by molar-refractivity contribution is 6.00. The van der Waals surface area contributed by atoms with Gasteiger partial charge in [0.15, 0.2) is 0 Å². The zero-order valence-electron chi connectivity index (χ0n) is 21.9. The minimum Gasteiger partial charge on any atom is -0.353 e. The summed E-state index contributed by atoms with van der Waals surface area (Å²) in [6.07, 6.45) is 6.77. The van der Waals surface area contributed by atoms with Crippen LogP contribution >= 0.6 is 0 Å². The molecule has 9 heteroatoms. The Hall–Kier alpha value is -4.92. The number of benzene rings is 1. The lowest BCUT2D eigenvalue weighted by Crippen LogP contribution is -2.27. The standard InChI is InChI=1S/C30H26FN7O/c1-16-7-17(9-19(31)8-16)27-21-12-25(36-23(21)5-6-33-27)28-22-11-24(34-15-26(22)37-38-28)18-10-20(14-32-13-18)35-29(39)30(2,3)4/h5-15,36H,1-4H3,(H,35,39)(H,37,38). The molecule has 1 aromatic carbocycles. The molecule has 1 amide bonds. The van der Waals surface area contributed by atoms with E-state index in [9.17, 15) is 9.18 Å². The number of aromatic nitrogens is 6. The van der Waals surface area contributed by atoms with Gasteiger partial charge in [-0.25, -0.2) is 4.39 Å². The Bertz CT molecular complexity index is 1860. The molecule has 3 N–H and O–H groups in total. The molecule has 0 radical (unpaired) electrons. The van der Waals surface area contributed by atoms with Crippen molar-refractivity contribution in [2.75, 3.05) is 5.32 Å². The summed E-state index contributed by atoms with van der Waals surface area (Å²) in [5.41, 5.74) is 6.93. The van der Waals surface area contributed by atoms with Crippen LogP contribution in [0.5, 0.6) is 0 Å². The average Bonchev–Trinajstić information content (AvgIpc) is 3.51. The second-order valence-electron chi connectivity index (χ2n) is 10.7. The van der Waals surface area contributed by atoms with Crippen LogP contribution in [0.2, 0.25) is 0 Å². The molecule has 0 aliphatic rings.